The summed E-state index contributed by atoms with van der Waals surface area (Å²) in [7, 11) is 1.60. The average Bonchev–Trinajstić information content (AvgIpc) is 3.11. The summed E-state index contributed by atoms with van der Waals surface area (Å²) in [6.07, 6.45) is 0. The molecule has 0 aliphatic carbocycles. The summed E-state index contributed by atoms with van der Waals surface area (Å²) in [6.45, 7) is 5.30. The van der Waals surface area contributed by atoms with Crippen LogP contribution < -0.4 is 15.0 Å². The number of aryl methyl sites for hydroxylation is 1. The third-order valence-electron chi connectivity index (χ3n) is 5.72. The van der Waals surface area contributed by atoms with Gasteiger partial charge in [-0.2, -0.15) is 0 Å². The van der Waals surface area contributed by atoms with E-state index >= 15 is 0 Å². The van der Waals surface area contributed by atoms with Gasteiger partial charge in [0.2, 0.25) is 0 Å². The molecule has 4 rings (SSSR count). The van der Waals surface area contributed by atoms with Gasteiger partial charge in [0, 0.05) is 16.5 Å². The van der Waals surface area contributed by atoms with Crippen molar-refractivity contribution in [2.75, 3.05) is 40.0 Å². The number of carbonyl (C=O) groups excluding carboxylic acids is 1. The largest absolute Gasteiger partial charge is 0.497 e. The highest BCUT2D eigenvalue weighted by molar-refractivity contribution is 5.99. The van der Waals surface area contributed by atoms with Crippen molar-refractivity contribution in [3.63, 3.8) is 0 Å². The third-order valence-corrected chi connectivity index (χ3v) is 5.72. The lowest BCUT2D eigenvalue weighted by Crippen LogP contribution is -3.15. The molecule has 2 heterocycles. The maximum Gasteiger partial charge on any atom is 0.287 e. The first-order valence-corrected chi connectivity index (χ1v) is 10.1. The van der Waals surface area contributed by atoms with Crippen LogP contribution in [0.5, 0.6) is 5.75 Å². The van der Waals surface area contributed by atoms with Gasteiger partial charge >= 0.3 is 0 Å². The van der Waals surface area contributed by atoms with Crippen molar-refractivity contribution in [3.05, 3.63) is 65.2 Å². The van der Waals surface area contributed by atoms with Crippen molar-refractivity contribution in [2.45, 2.75) is 13.0 Å². The molecule has 0 spiro atoms. The maximum atomic E-state index is 13.4. The normalized spacial score (nSPS) is 15.8. The predicted molar refractivity (Wildman–Crippen MR) is 110 cm³/mol. The molecule has 0 unspecified atom stereocenters. The Morgan fingerprint density at radius 2 is 1.93 bits per heavy atom. The Labute approximate surface area is 174 Å². The molecule has 30 heavy (non-hydrogen) atoms. The number of hydrogen-bond acceptors (Lipinski definition) is 4. The van der Waals surface area contributed by atoms with Crippen molar-refractivity contribution in [1.82, 2.24) is 5.32 Å². The standard InChI is InChI=1S/C23H25FN2O4/c1-15-19-13-18(28-2)7-8-21(19)30-22(15)23(27)25-14-20(26-9-11-29-12-10-26)16-3-5-17(24)6-4-16/h3-8,13,20H,9-12,14H2,1-2H3,(H,25,27)/p+1/t20-/m0/s1. The van der Waals surface area contributed by atoms with Crippen molar-refractivity contribution in [3.8, 4) is 5.75 Å². The molecule has 1 atom stereocenters. The zero-order valence-electron chi connectivity index (χ0n) is 17.2. The van der Waals surface area contributed by atoms with E-state index in [9.17, 15) is 9.18 Å². The highest BCUT2D eigenvalue weighted by Gasteiger charge is 2.28. The average molecular weight is 413 g/mol. The first-order chi connectivity index (χ1) is 14.6. The Morgan fingerprint density at radius 3 is 2.63 bits per heavy atom. The molecule has 1 saturated heterocycles. The molecule has 158 valence electrons. The molecule has 2 aromatic carbocycles. The predicted octanol–water partition coefficient (Wildman–Crippen LogP) is 2.28. The smallest absolute Gasteiger partial charge is 0.287 e. The van der Waals surface area contributed by atoms with E-state index < -0.39 is 0 Å². The molecule has 3 aromatic rings. The number of benzene rings is 2. The zero-order chi connectivity index (χ0) is 21.1. The fraction of sp³-hybridized carbons (Fsp3) is 0.348. The number of quaternary nitrogens is 1. The third kappa shape index (κ3) is 4.17. The summed E-state index contributed by atoms with van der Waals surface area (Å²) < 4.78 is 30.0. The molecule has 1 aliphatic rings. The molecular weight excluding hydrogens is 387 g/mol. The van der Waals surface area contributed by atoms with Gasteiger partial charge in [0.05, 0.1) is 26.9 Å². The number of amides is 1. The molecule has 0 radical (unpaired) electrons. The fourth-order valence-electron chi connectivity index (χ4n) is 3.99. The number of carbonyl (C=O) groups is 1. The second kappa shape index (κ2) is 8.85. The Kier molecular flexibility index (Phi) is 6.01. The van der Waals surface area contributed by atoms with E-state index in [0.29, 0.717) is 36.9 Å². The molecule has 1 fully saturated rings. The first-order valence-electron chi connectivity index (χ1n) is 10.1. The second-order valence-electron chi connectivity index (χ2n) is 7.50. The summed E-state index contributed by atoms with van der Waals surface area (Å²) in [5.41, 5.74) is 2.41. The monoisotopic (exact) mass is 413 g/mol. The van der Waals surface area contributed by atoms with Crippen LogP contribution in [0.15, 0.2) is 46.9 Å². The van der Waals surface area contributed by atoms with Crippen LogP contribution in [0.4, 0.5) is 4.39 Å². The molecule has 0 saturated carbocycles. The zero-order valence-corrected chi connectivity index (χ0v) is 17.2. The SMILES string of the molecule is COc1ccc2oc(C(=O)NC[C@@H](c3ccc(F)cc3)[NH+]3CCOCC3)c(C)c2c1. The van der Waals surface area contributed by atoms with Gasteiger partial charge in [-0.1, -0.05) is 12.1 Å². The van der Waals surface area contributed by atoms with Crippen LogP contribution in [-0.4, -0.2) is 45.9 Å². The van der Waals surface area contributed by atoms with Crippen LogP contribution in [0.1, 0.15) is 27.7 Å². The van der Waals surface area contributed by atoms with Gasteiger partial charge in [0.15, 0.2) is 5.76 Å². The molecule has 6 nitrogen and oxygen atoms in total. The van der Waals surface area contributed by atoms with Gasteiger partial charge in [-0.3, -0.25) is 4.79 Å². The quantitative estimate of drug-likeness (QED) is 0.651. The van der Waals surface area contributed by atoms with Gasteiger partial charge in [-0.05, 0) is 37.3 Å². The number of hydrogen-bond donors (Lipinski definition) is 2. The topological polar surface area (TPSA) is 65.1 Å². The number of rotatable bonds is 6. The van der Waals surface area contributed by atoms with Crippen LogP contribution in [0.3, 0.4) is 0 Å². The van der Waals surface area contributed by atoms with E-state index in [1.54, 1.807) is 31.4 Å². The number of morpholine rings is 1. The minimum Gasteiger partial charge on any atom is -0.497 e. The summed E-state index contributed by atoms with van der Waals surface area (Å²) in [5.74, 6) is 0.480. The van der Waals surface area contributed by atoms with Gasteiger partial charge in [0.1, 0.15) is 36.3 Å². The highest BCUT2D eigenvalue weighted by atomic mass is 19.1. The number of furan rings is 1. The lowest BCUT2D eigenvalue weighted by molar-refractivity contribution is -0.937. The van der Waals surface area contributed by atoms with Crippen LogP contribution in [0.25, 0.3) is 11.0 Å². The van der Waals surface area contributed by atoms with E-state index in [-0.39, 0.29) is 17.8 Å². The van der Waals surface area contributed by atoms with Crippen molar-refractivity contribution < 1.29 is 28.0 Å². The van der Waals surface area contributed by atoms with Crippen LogP contribution in [0.2, 0.25) is 0 Å². The Morgan fingerprint density at radius 1 is 1.20 bits per heavy atom. The molecule has 2 N–H and O–H groups in total. The Bertz CT molecular complexity index is 1030. The number of methoxy groups -OCH3 is 1. The Balaban J connectivity index is 1.54. The summed E-state index contributed by atoms with van der Waals surface area (Å²) in [4.78, 5) is 14.2. The van der Waals surface area contributed by atoms with E-state index in [0.717, 1.165) is 29.6 Å². The van der Waals surface area contributed by atoms with Crippen LogP contribution >= 0.6 is 0 Å². The molecule has 1 aromatic heterocycles. The van der Waals surface area contributed by atoms with Crippen LogP contribution in [-0.2, 0) is 4.74 Å². The second-order valence-corrected chi connectivity index (χ2v) is 7.50. The number of fused-ring (bicyclic) bond motifs is 1. The van der Waals surface area contributed by atoms with Crippen molar-refractivity contribution in [1.29, 1.82) is 0 Å². The van der Waals surface area contributed by atoms with E-state index in [2.05, 4.69) is 5.32 Å². The molecule has 0 bridgehead atoms. The minimum atomic E-state index is -0.271. The number of halogens is 1. The van der Waals surface area contributed by atoms with Gasteiger partial charge in [-0.15, -0.1) is 0 Å². The Hall–Kier alpha value is -2.90. The van der Waals surface area contributed by atoms with Gasteiger partial charge in [-0.25, -0.2) is 4.39 Å². The number of nitrogens with one attached hydrogen (secondary N) is 2. The summed E-state index contributed by atoms with van der Waals surface area (Å²) in [5, 5.41) is 3.88. The lowest BCUT2D eigenvalue weighted by atomic mass is 10.0. The molecular formula is C23H26FN2O4+. The summed E-state index contributed by atoms with van der Waals surface area (Å²) >= 11 is 0. The fourth-order valence-corrected chi connectivity index (χ4v) is 3.99. The minimum absolute atomic E-state index is 0.00299. The number of ether oxygens (including phenoxy) is 2. The van der Waals surface area contributed by atoms with Gasteiger partial charge < -0.3 is 24.1 Å². The molecule has 1 amide bonds. The first kappa shape index (κ1) is 20.4. The highest BCUT2D eigenvalue weighted by Crippen LogP contribution is 2.28. The van der Waals surface area contributed by atoms with E-state index in [4.69, 9.17) is 13.9 Å². The van der Waals surface area contributed by atoms with E-state index in [1.165, 1.54) is 17.0 Å². The van der Waals surface area contributed by atoms with Crippen molar-refractivity contribution in [2.24, 2.45) is 0 Å². The maximum absolute atomic E-state index is 13.4. The van der Waals surface area contributed by atoms with Crippen molar-refractivity contribution >= 4 is 16.9 Å². The molecule has 1 aliphatic heterocycles. The summed E-state index contributed by atoms with van der Waals surface area (Å²) in [6, 6.07) is 12.0. The lowest BCUT2D eigenvalue weighted by Gasteiger charge is -2.31. The van der Waals surface area contributed by atoms with E-state index in [1.807, 2.05) is 13.0 Å². The van der Waals surface area contributed by atoms with Crippen LogP contribution in [0, 0.1) is 12.7 Å². The molecule has 7 heteroatoms. The van der Waals surface area contributed by atoms with Gasteiger partial charge in [0.25, 0.3) is 5.91 Å².